The van der Waals surface area contributed by atoms with E-state index in [0.717, 1.165) is 5.69 Å². The average Bonchev–Trinajstić information content (AvgIpc) is 3.27. The average molecular weight is 374 g/mol. The maximum absolute atomic E-state index is 12.4. The van der Waals surface area contributed by atoms with E-state index in [1.807, 2.05) is 44.3 Å². The van der Waals surface area contributed by atoms with Gasteiger partial charge in [0, 0.05) is 6.04 Å². The second-order valence-corrected chi connectivity index (χ2v) is 6.92. The SMILES string of the molecule is C[C@@H](c1ccc(-n2cncn2)cc1)N(C)[C@@H](C)c1nc2ccccc2c(=O)[nH]1. The Balaban J connectivity index is 1.58. The Kier molecular flexibility index (Phi) is 4.75. The molecule has 7 heteroatoms. The number of para-hydroxylation sites is 1. The lowest BCUT2D eigenvalue weighted by Crippen LogP contribution is -2.28. The van der Waals surface area contributed by atoms with E-state index in [9.17, 15) is 4.79 Å². The molecule has 0 saturated heterocycles. The number of nitrogens with zero attached hydrogens (tertiary/aromatic N) is 5. The Morgan fingerprint density at radius 2 is 1.79 bits per heavy atom. The Labute approximate surface area is 162 Å². The van der Waals surface area contributed by atoms with Gasteiger partial charge in [-0.15, -0.1) is 0 Å². The molecule has 0 radical (unpaired) electrons. The van der Waals surface area contributed by atoms with Gasteiger partial charge in [-0.05, 0) is 50.7 Å². The number of nitrogens with one attached hydrogen (secondary N) is 1. The topological polar surface area (TPSA) is 79.7 Å². The van der Waals surface area contributed by atoms with Crippen molar-refractivity contribution < 1.29 is 0 Å². The van der Waals surface area contributed by atoms with Crippen molar-refractivity contribution in [1.82, 2.24) is 29.6 Å². The van der Waals surface area contributed by atoms with E-state index in [4.69, 9.17) is 0 Å². The number of hydrogen-bond acceptors (Lipinski definition) is 5. The summed E-state index contributed by atoms with van der Waals surface area (Å²) in [5.74, 6) is 0.664. The van der Waals surface area contributed by atoms with E-state index in [-0.39, 0.29) is 17.6 Å². The van der Waals surface area contributed by atoms with E-state index in [2.05, 4.69) is 44.0 Å². The van der Waals surface area contributed by atoms with Gasteiger partial charge in [-0.2, -0.15) is 5.10 Å². The highest BCUT2D eigenvalue weighted by Crippen LogP contribution is 2.27. The van der Waals surface area contributed by atoms with E-state index in [0.29, 0.717) is 16.7 Å². The lowest BCUT2D eigenvalue weighted by molar-refractivity contribution is 0.192. The van der Waals surface area contributed by atoms with Crippen LogP contribution in [0.15, 0.2) is 66.0 Å². The molecule has 4 rings (SSSR count). The molecule has 2 atom stereocenters. The summed E-state index contributed by atoms with van der Waals surface area (Å²) in [5.41, 5.74) is 2.74. The van der Waals surface area contributed by atoms with E-state index >= 15 is 0 Å². The van der Waals surface area contributed by atoms with E-state index < -0.39 is 0 Å². The summed E-state index contributed by atoms with van der Waals surface area (Å²) in [6, 6.07) is 15.7. The molecule has 0 fully saturated rings. The van der Waals surface area contributed by atoms with Crippen LogP contribution in [0.4, 0.5) is 0 Å². The van der Waals surface area contributed by atoms with Crippen molar-refractivity contribution in [3.8, 4) is 5.69 Å². The molecule has 2 heterocycles. The third-order valence-corrected chi connectivity index (χ3v) is 5.31. The van der Waals surface area contributed by atoms with E-state index in [1.165, 1.54) is 11.9 Å². The third-order valence-electron chi connectivity index (χ3n) is 5.31. The van der Waals surface area contributed by atoms with Gasteiger partial charge in [-0.1, -0.05) is 24.3 Å². The monoisotopic (exact) mass is 374 g/mol. The zero-order valence-electron chi connectivity index (χ0n) is 16.1. The molecule has 0 saturated carbocycles. The predicted molar refractivity (Wildman–Crippen MR) is 108 cm³/mol. The molecule has 0 unspecified atom stereocenters. The molecule has 0 spiro atoms. The van der Waals surface area contributed by atoms with Crippen molar-refractivity contribution in [3.63, 3.8) is 0 Å². The fourth-order valence-electron chi connectivity index (χ4n) is 3.31. The Bertz CT molecular complexity index is 1130. The predicted octanol–water partition coefficient (Wildman–Crippen LogP) is 3.26. The molecule has 4 aromatic rings. The minimum atomic E-state index is -0.106. The number of hydrogen-bond donors (Lipinski definition) is 1. The number of fused-ring (bicyclic) bond motifs is 1. The first-order chi connectivity index (χ1) is 13.5. The molecule has 7 nitrogen and oxygen atoms in total. The van der Waals surface area contributed by atoms with Crippen molar-refractivity contribution in [1.29, 1.82) is 0 Å². The summed E-state index contributed by atoms with van der Waals surface area (Å²) in [5, 5.41) is 4.76. The van der Waals surface area contributed by atoms with Crippen molar-refractivity contribution in [2.75, 3.05) is 7.05 Å². The summed E-state index contributed by atoms with van der Waals surface area (Å²) in [6.07, 6.45) is 3.19. The van der Waals surface area contributed by atoms with Crippen LogP contribution in [0.3, 0.4) is 0 Å². The van der Waals surface area contributed by atoms with Gasteiger partial charge in [-0.3, -0.25) is 9.69 Å². The molecule has 0 bridgehead atoms. The van der Waals surface area contributed by atoms with Crippen LogP contribution in [0.5, 0.6) is 0 Å². The lowest BCUT2D eigenvalue weighted by Gasteiger charge is -2.30. The Morgan fingerprint density at radius 1 is 1.04 bits per heavy atom. The molecule has 0 aliphatic carbocycles. The van der Waals surface area contributed by atoms with Crippen LogP contribution >= 0.6 is 0 Å². The standard InChI is InChI=1S/C21H22N6O/c1-14(16-8-10-17(11-9-16)27-13-22-12-23-27)26(3)15(2)20-24-19-7-5-4-6-18(19)21(28)25-20/h4-15H,1-3H3,(H,24,25,28)/t14-,15-/m0/s1. The molecular formula is C21H22N6O. The minimum Gasteiger partial charge on any atom is -0.309 e. The second-order valence-electron chi connectivity index (χ2n) is 6.92. The smallest absolute Gasteiger partial charge is 0.258 e. The van der Waals surface area contributed by atoms with Gasteiger partial charge < -0.3 is 4.98 Å². The summed E-state index contributed by atoms with van der Waals surface area (Å²) < 4.78 is 1.73. The highest BCUT2D eigenvalue weighted by Gasteiger charge is 2.21. The van der Waals surface area contributed by atoms with Crippen LogP contribution in [0.25, 0.3) is 16.6 Å². The third kappa shape index (κ3) is 3.32. The molecule has 28 heavy (non-hydrogen) atoms. The number of H-pyrrole nitrogens is 1. The van der Waals surface area contributed by atoms with Crippen LogP contribution in [0.2, 0.25) is 0 Å². The number of rotatable bonds is 5. The maximum Gasteiger partial charge on any atom is 0.258 e. The number of benzene rings is 2. The summed E-state index contributed by atoms with van der Waals surface area (Å²) >= 11 is 0. The van der Waals surface area contributed by atoms with E-state index in [1.54, 1.807) is 17.1 Å². The number of aromatic nitrogens is 5. The fraction of sp³-hybridized carbons (Fsp3) is 0.238. The lowest BCUT2D eigenvalue weighted by atomic mass is 10.0. The van der Waals surface area contributed by atoms with Gasteiger partial charge in [0.15, 0.2) is 0 Å². The van der Waals surface area contributed by atoms with Gasteiger partial charge in [0.05, 0.1) is 22.6 Å². The van der Waals surface area contributed by atoms with Gasteiger partial charge in [0.2, 0.25) is 0 Å². The number of aromatic amines is 1. The van der Waals surface area contributed by atoms with Crippen LogP contribution in [-0.2, 0) is 0 Å². The molecule has 0 aliphatic heterocycles. The van der Waals surface area contributed by atoms with Gasteiger partial charge in [-0.25, -0.2) is 14.6 Å². The van der Waals surface area contributed by atoms with Crippen LogP contribution in [0.1, 0.15) is 37.3 Å². The van der Waals surface area contributed by atoms with Crippen molar-refractivity contribution in [3.05, 3.63) is 82.9 Å². The fourth-order valence-corrected chi connectivity index (χ4v) is 3.31. The zero-order chi connectivity index (χ0) is 19.7. The van der Waals surface area contributed by atoms with Crippen LogP contribution < -0.4 is 5.56 Å². The largest absolute Gasteiger partial charge is 0.309 e. The quantitative estimate of drug-likeness (QED) is 0.580. The molecule has 1 N–H and O–H groups in total. The van der Waals surface area contributed by atoms with Crippen molar-refractivity contribution in [2.45, 2.75) is 25.9 Å². The van der Waals surface area contributed by atoms with Gasteiger partial charge >= 0.3 is 0 Å². The molecule has 2 aromatic carbocycles. The first-order valence-corrected chi connectivity index (χ1v) is 9.20. The zero-order valence-corrected chi connectivity index (χ0v) is 16.1. The summed E-state index contributed by atoms with van der Waals surface area (Å²) in [4.78, 5) is 26.2. The Hall–Kier alpha value is -3.32. The molecule has 142 valence electrons. The second kappa shape index (κ2) is 7.36. The first-order valence-electron chi connectivity index (χ1n) is 9.20. The normalized spacial score (nSPS) is 13.7. The van der Waals surface area contributed by atoms with Crippen molar-refractivity contribution in [2.24, 2.45) is 0 Å². The molecule has 2 aromatic heterocycles. The maximum atomic E-state index is 12.4. The molecular weight excluding hydrogens is 352 g/mol. The Morgan fingerprint density at radius 3 is 2.50 bits per heavy atom. The highest BCUT2D eigenvalue weighted by molar-refractivity contribution is 5.77. The first kappa shape index (κ1) is 18.1. The van der Waals surface area contributed by atoms with Crippen LogP contribution in [0, 0.1) is 0 Å². The van der Waals surface area contributed by atoms with Crippen molar-refractivity contribution >= 4 is 10.9 Å². The minimum absolute atomic E-state index is 0.0534. The van der Waals surface area contributed by atoms with Crippen LogP contribution in [-0.4, -0.2) is 36.7 Å². The van der Waals surface area contributed by atoms with Gasteiger partial charge in [0.25, 0.3) is 5.56 Å². The molecule has 0 amide bonds. The van der Waals surface area contributed by atoms with Gasteiger partial charge in [0.1, 0.15) is 18.5 Å². The summed E-state index contributed by atoms with van der Waals surface area (Å²) in [6.45, 7) is 4.19. The molecule has 0 aliphatic rings. The highest BCUT2D eigenvalue weighted by atomic mass is 16.1. The summed E-state index contributed by atoms with van der Waals surface area (Å²) in [7, 11) is 2.04.